The van der Waals surface area contributed by atoms with E-state index in [-0.39, 0.29) is 13.2 Å². The van der Waals surface area contributed by atoms with Crippen LogP contribution in [0, 0.1) is 0 Å². The van der Waals surface area contributed by atoms with E-state index in [9.17, 15) is 9.59 Å². The zero-order valence-corrected chi connectivity index (χ0v) is 16.7. The Bertz CT molecular complexity index is 1030. The molecule has 30 heavy (non-hydrogen) atoms. The molecule has 0 radical (unpaired) electrons. The lowest BCUT2D eigenvalue weighted by molar-refractivity contribution is -0.146. The van der Waals surface area contributed by atoms with Gasteiger partial charge in [0.05, 0.1) is 26.9 Å². The van der Waals surface area contributed by atoms with Gasteiger partial charge in [-0.05, 0) is 41.1 Å². The van der Waals surface area contributed by atoms with Gasteiger partial charge < -0.3 is 18.9 Å². The van der Waals surface area contributed by atoms with Crippen LogP contribution in [0.2, 0.25) is 0 Å². The Balaban J connectivity index is 1.58. The maximum atomic E-state index is 12.1. The summed E-state index contributed by atoms with van der Waals surface area (Å²) >= 11 is 0. The number of methoxy groups -OCH3 is 3. The summed E-state index contributed by atoms with van der Waals surface area (Å²) < 4.78 is 20.3. The third kappa shape index (κ3) is 4.90. The average molecular weight is 412 g/mol. The largest absolute Gasteiger partial charge is 0.493 e. The minimum Gasteiger partial charge on any atom is -0.493 e. The minimum absolute atomic E-state index is 0.0531. The highest BCUT2D eigenvalue weighted by molar-refractivity contribution is 5.89. The highest BCUT2D eigenvalue weighted by Crippen LogP contribution is 2.30. The Morgan fingerprint density at radius 1 is 0.967 bits per heavy atom. The third-order valence-corrected chi connectivity index (χ3v) is 4.14. The van der Waals surface area contributed by atoms with Crippen LogP contribution in [0.25, 0.3) is 11.4 Å². The molecule has 156 valence electrons. The van der Waals surface area contributed by atoms with E-state index in [0.29, 0.717) is 28.5 Å². The first kappa shape index (κ1) is 20.8. The van der Waals surface area contributed by atoms with E-state index in [0.717, 1.165) is 10.4 Å². The summed E-state index contributed by atoms with van der Waals surface area (Å²) in [5.74, 6) is 0.493. The first-order chi connectivity index (χ1) is 14.5. The molecule has 0 spiro atoms. The molecule has 2 aromatic carbocycles. The van der Waals surface area contributed by atoms with Crippen molar-refractivity contribution in [2.24, 2.45) is 0 Å². The van der Waals surface area contributed by atoms with E-state index >= 15 is 0 Å². The second-order valence-corrected chi connectivity index (χ2v) is 6.06. The van der Waals surface area contributed by atoms with Crippen molar-refractivity contribution in [3.05, 3.63) is 53.6 Å². The first-order valence-electron chi connectivity index (χ1n) is 8.87. The molecule has 10 nitrogen and oxygen atoms in total. The SMILES string of the molecule is COC(=O)c1ccc(COC(=O)Cn2nnc(-c3ccc(OC)c(OC)c3)n2)cc1. The lowest BCUT2D eigenvalue weighted by atomic mass is 10.1. The van der Waals surface area contributed by atoms with Gasteiger partial charge in [0.1, 0.15) is 6.61 Å². The number of hydrogen-bond acceptors (Lipinski definition) is 9. The molecule has 0 N–H and O–H groups in total. The molecule has 0 atom stereocenters. The smallest absolute Gasteiger partial charge is 0.337 e. The Kier molecular flexibility index (Phi) is 6.58. The van der Waals surface area contributed by atoms with Crippen molar-refractivity contribution in [1.29, 1.82) is 0 Å². The molecule has 0 bridgehead atoms. The fraction of sp³-hybridized carbons (Fsp3) is 0.250. The predicted octanol–water partition coefficient (Wildman–Crippen LogP) is 1.89. The number of rotatable bonds is 8. The molecule has 0 amide bonds. The Morgan fingerprint density at radius 2 is 1.70 bits per heavy atom. The van der Waals surface area contributed by atoms with Gasteiger partial charge in [0, 0.05) is 5.56 Å². The van der Waals surface area contributed by atoms with Crippen LogP contribution in [0.1, 0.15) is 15.9 Å². The lowest BCUT2D eigenvalue weighted by Crippen LogP contribution is -2.15. The molecule has 0 unspecified atom stereocenters. The highest BCUT2D eigenvalue weighted by Gasteiger charge is 2.13. The molecular formula is C20H20N4O6. The zero-order valence-electron chi connectivity index (χ0n) is 16.7. The molecular weight excluding hydrogens is 392 g/mol. The third-order valence-electron chi connectivity index (χ3n) is 4.14. The van der Waals surface area contributed by atoms with Crippen LogP contribution in [-0.2, 0) is 27.4 Å². The quantitative estimate of drug-likeness (QED) is 0.512. The van der Waals surface area contributed by atoms with E-state index in [1.807, 2.05) is 0 Å². The lowest BCUT2D eigenvalue weighted by Gasteiger charge is -2.07. The van der Waals surface area contributed by atoms with E-state index in [2.05, 4.69) is 20.1 Å². The summed E-state index contributed by atoms with van der Waals surface area (Å²) in [5.41, 5.74) is 1.81. The van der Waals surface area contributed by atoms with Crippen molar-refractivity contribution in [3.63, 3.8) is 0 Å². The molecule has 3 aromatic rings. The Labute approximate surface area is 172 Å². The van der Waals surface area contributed by atoms with Gasteiger partial charge >= 0.3 is 11.9 Å². The molecule has 0 aliphatic carbocycles. The summed E-state index contributed by atoms with van der Waals surface area (Å²) in [4.78, 5) is 24.6. The molecule has 0 aliphatic rings. The number of carbonyl (C=O) groups is 2. The Morgan fingerprint density at radius 3 is 2.37 bits per heavy atom. The topological polar surface area (TPSA) is 115 Å². The van der Waals surface area contributed by atoms with E-state index in [4.69, 9.17) is 14.2 Å². The number of aromatic nitrogens is 4. The molecule has 0 saturated heterocycles. The van der Waals surface area contributed by atoms with Gasteiger partial charge in [0.2, 0.25) is 5.82 Å². The van der Waals surface area contributed by atoms with Gasteiger partial charge in [-0.2, -0.15) is 4.80 Å². The van der Waals surface area contributed by atoms with Crippen LogP contribution in [-0.4, -0.2) is 53.5 Å². The number of hydrogen-bond donors (Lipinski definition) is 0. The van der Waals surface area contributed by atoms with Crippen molar-refractivity contribution in [2.45, 2.75) is 13.2 Å². The van der Waals surface area contributed by atoms with Crippen LogP contribution >= 0.6 is 0 Å². The van der Waals surface area contributed by atoms with Gasteiger partial charge in [-0.15, -0.1) is 10.2 Å². The van der Waals surface area contributed by atoms with Crippen LogP contribution in [0.5, 0.6) is 11.5 Å². The summed E-state index contributed by atoms with van der Waals surface area (Å²) in [5, 5.41) is 12.0. The van der Waals surface area contributed by atoms with E-state index in [1.165, 1.54) is 14.2 Å². The summed E-state index contributed by atoms with van der Waals surface area (Å²) in [6.45, 7) is -0.141. The number of nitrogens with zero attached hydrogens (tertiary/aromatic N) is 4. The zero-order chi connectivity index (χ0) is 21.5. The van der Waals surface area contributed by atoms with Crippen molar-refractivity contribution in [3.8, 4) is 22.9 Å². The molecule has 0 aliphatic heterocycles. The number of benzene rings is 2. The van der Waals surface area contributed by atoms with Gasteiger partial charge in [-0.3, -0.25) is 0 Å². The first-order valence-corrected chi connectivity index (χ1v) is 8.87. The number of esters is 2. The summed E-state index contributed by atoms with van der Waals surface area (Å²) in [6, 6.07) is 11.8. The molecule has 10 heteroatoms. The standard InChI is InChI=1S/C20H20N4O6/c1-27-16-9-8-15(10-17(16)28-2)19-21-23-24(22-19)11-18(25)30-12-13-4-6-14(7-5-13)20(26)29-3/h4-10H,11-12H2,1-3H3. The van der Waals surface area contributed by atoms with Gasteiger partial charge in [0.25, 0.3) is 0 Å². The summed E-state index contributed by atoms with van der Waals surface area (Å²) in [7, 11) is 4.39. The second kappa shape index (κ2) is 9.50. The molecule has 0 fully saturated rings. The van der Waals surface area contributed by atoms with Crippen LogP contribution in [0.4, 0.5) is 0 Å². The summed E-state index contributed by atoms with van der Waals surface area (Å²) in [6.07, 6.45) is 0. The fourth-order valence-electron chi connectivity index (χ4n) is 2.58. The van der Waals surface area contributed by atoms with Crippen LogP contribution in [0.15, 0.2) is 42.5 Å². The van der Waals surface area contributed by atoms with Gasteiger partial charge in [0.15, 0.2) is 18.0 Å². The number of carbonyl (C=O) groups excluding carboxylic acids is 2. The molecule has 1 heterocycles. The maximum absolute atomic E-state index is 12.1. The number of tetrazole rings is 1. The van der Waals surface area contributed by atoms with Crippen molar-refractivity contribution in [1.82, 2.24) is 20.2 Å². The predicted molar refractivity (Wildman–Crippen MR) is 104 cm³/mol. The van der Waals surface area contributed by atoms with Gasteiger partial charge in [-0.1, -0.05) is 12.1 Å². The van der Waals surface area contributed by atoms with Crippen molar-refractivity contribution >= 4 is 11.9 Å². The van der Waals surface area contributed by atoms with Crippen LogP contribution < -0.4 is 9.47 Å². The minimum atomic E-state index is -0.525. The maximum Gasteiger partial charge on any atom is 0.337 e. The second-order valence-electron chi connectivity index (χ2n) is 6.06. The molecule has 0 saturated carbocycles. The number of ether oxygens (including phenoxy) is 4. The molecule has 3 rings (SSSR count). The van der Waals surface area contributed by atoms with Crippen molar-refractivity contribution < 1.29 is 28.5 Å². The van der Waals surface area contributed by atoms with E-state index < -0.39 is 11.9 Å². The fourth-order valence-corrected chi connectivity index (χ4v) is 2.58. The van der Waals surface area contributed by atoms with Crippen LogP contribution in [0.3, 0.4) is 0 Å². The Hall–Kier alpha value is -3.95. The van der Waals surface area contributed by atoms with E-state index in [1.54, 1.807) is 49.6 Å². The van der Waals surface area contributed by atoms with Gasteiger partial charge in [-0.25, -0.2) is 9.59 Å². The highest BCUT2D eigenvalue weighted by atomic mass is 16.5. The molecule has 1 aromatic heterocycles. The average Bonchev–Trinajstić information content (AvgIpc) is 3.25. The monoisotopic (exact) mass is 412 g/mol. The van der Waals surface area contributed by atoms with Crippen molar-refractivity contribution in [2.75, 3.05) is 21.3 Å². The normalized spacial score (nSPS) is 10.4.